The second-order valence-corrected chi connectivity index (χ2v) is 6.38. The summed E-state index contributed by atoms with van der Waals surface area (Å²) in [6.07, 6.45) is 1.09. The van der Waals surface area contributed by atoms with Gasteiger partial charge in [-0.1, -0.05) is 32.9 Å². The molecule has 0 saturated heterocycles. The summed E-state index contributed by atoms with van der Waals surface area (Å²) < 4.78 is 2.20. The zero-order valence-electron chi connectivity index (χ0n) is 12.3. The van der Waals surface area contributed by atoms with Crippen LogP contribution in [0.15, 0.2) is 24.3 Å². The maximum atomic E-state index is 10.2. The van der Waals surface area contributed by atoms with Crippen molar-refractivity contribution in [3.8, 4) is 0 Å². The lowest BCUT2D eigenvalue weighted by Crippen LogP contribution is -2.21. The Balaban J connectivity index is 2.25. The molecule has 0 bridgehead atoms. The van der Waals surface area contributed by atoms with Crippen LogP contribution >= 0.6 is 0 Å². The quantitative estimate of drug-likeness (QED) is 0.915. The number of rotatable bonds is 4. The lowest BCUT2D eigenvalue weighted by Gasteiger charge is -2.22. The first kappa shape index (κ1) is 14.1. The molecule has 0 spiro atoms. The fraction of sp³-hybridized carbons (Fsp3) is 0.562. The number of fused-ring (bicyclic) bond motifs is 1. The molecule has 19 heavy (non-hydrogen) atoms. The Labute approximate surface area is 115 Å². The fourth-order valence-electron chi connectivity index (χ4n) is 2.62. The highest BCUT2D eigenvalue weighted by Gasteiger charge is 2.19. The largest absolute Gasteiger partial charge is 0.393 e. The highest BCUT2D eigenvalue weighted by molar-refractivity contribution is 5.75. The van der Waals surface area contributed by atoms with E-state index in [0.717, 1.165) is 29.8 Å². The monoisotopic (exact) mass is 260 g/mol. The Morgan fingerprint density at radius 2 is 1.95 bits per heavy atom. The third-order valence-corrected chi connectivity index (χ3v) is 3.32. The molecule has 0 radical (unpaired) electrons. The maximum Gasteiger partial charge on any atom is 0.112 e. The fourth-order valence-corrected chi connectivity index (χ4v) is 2.62. The predicted octanol–water partition coefficient (Wildman–Crippen LogP) is 3.40. The molecule has 2 rings (SSSR count). The van der Waals surface area contributed by atoms with Gasteiger partial charge >= 0.3 is 0 Å². The molecule has 1 aromatic heterocycles. The number of hydrogen-bond donors (Lipinski definition) is 1. The van der Waals surface area contributed by atoms with Gasteiger partial charge in [-0.3, -0.25) is 0 Å². The van der Waals surface area contributed by atoms with Gasteiger partial charge in [0.25, 0.3) is 0 Å². The summed E-state index contributed by atoms with van der Waals surface area (Å²) in [5.74, 6) is 0.987. The normalized spacial score (nSPS) is 13.9. The van der Waals surface area contributed by atoms with Gasteiger partial charge in [0.05, 0.1) is 17.1 Å². The first-order chi connectivity index (χ1) is 8.90. The molecule has 1 unspecified atom stereocenters. The van der Waals surface area contributed by atoms with E-state index in [-0.39, 0.29) is 11.5 Å². The number of aliphatic hydroxyl groups is 1. The van der Waals surface area contributed by atoms with Crippen molar-refractivity contribution in [2.75, 3.05) is 0 Å². The van der Waals surface area contributed by atoms with Crippen LogP contribution in [0.2, 0.25) is 0 Å². The van der Waals surface area contributed by atoms with Gasteiger partial charge in [-0.15, -0.1) is 0 Å². The van der Waals surface area contributed by atoms with Crippen LogP contribution < -0.4 is 0 Å². The average Bonchev–Trinajstić information content (AvgIpc) is 2.63. The number of nitrogens with zero attached hydrogens (tertiary/aromatic N) is 2. The van der Waals surface area contributed by atoms with Crippen LogP contribution in [0.25, 0.3) is 11.0 Å². The molecule has 1 atom stereocenters. The van der Waals surface area contributed by atoms with Crippen LogP contribution in [0.5, 0.6) is 0 Å². The zero-order valence-corrected chi connectivity index (χ0v) is 12.3. The molecule has 0 aliphatic carbocycles. The minimum atomic E-state index is -0.331. The standard InChI is InChI=1S/C16H24N2O/c1-5-18-14-9-7-6-8-13(14)17-15(18)10-12(19)11-16(2,3)4/h6-9,12,19H,5,10-11H2,1-4H3. The van der Waals surface area contributed by atoms with Crippen molar-refractivity contribution in [2.24, 2.45) is 5.41 Å². The van der Waals surface area contributed by atoms with Crippen molar-refractivity contribution in [1.82, 2.24) is 9.55 Å². The number of para-hydroxylation sites is 2. The first-order valence-electron chi connectivity index (χ1n) is 7.03. The summed E-state index contributed by atoms with van der Waals surface area (Å²) in [7, 11) is 0. The van der Waals surface area contributed by atoms with Crippen molar-refractivity contribution in [2.45, 2.75) is 53.2 Å². The summed E-state index contributed by atoms with van der Waals surface area (Å²) in [6, 6.07) is 8.16. The second-order valence-electron chi connectivity index (χ2n) is 6.38. The van der Waals surface area contributed by atoms with E-state index in [0.29, 0.717) is 6.42 Å². The van der Waals surface area contributed by atoms with E-state index < -0.39 is 0 Å². The highest BCUT2D eigenvalue weighted by atomic mass is 16.3. The molecule has 0 amide bonds. The molecule has 0 aliphatic rings. The lowest BCUT2D eigenvalue weighted by molar-refractivity contribution is 0.119. The summed E-state index contributed by atoms with van der Waals surface area (Å²) in [5, 5.41) is 10.2. The van der Waals surface area contributed by atoms with Gasteiger partial charge in [0.15, 0.2) is 0 Å². The van der Waals surface area contributed by atoms with E-state index >= 15 is 0 Å². The van der Waals surface area contributed by atoms with Crippen molar-refractivity contribution < 1.29 is 5.11 Å². The molecular weight excluding hydrogens is 236 g/mol. The third-order valence-electron chi connectivity index (χ3n) is 3.32. The molecule has 1 heterocycles. The first-order valence-corrected chi connectivity index (χ1v) is 7.03. The summed E-state index contributed by atoms with van der Waals surface area (Å²) in [4.78, 5) is 4.66. The van der Waals surface area contributed by atoms with Gasteiger partial charge in [0.1, 0.15) is 5.82 Å². The minimum Gasteiger partial charge on any atom is -0.393 e. The third kappa shape index (κ3) is 3.35. The maximum absolute atomic E-state index is 10.2. The Hall–Kier alpha value is -1.35. The van der Waals surface area contributed by atoms with Gasteiger partial charge in [-0.25, -0.2) is 4.98 Å². The van der Waals surface area contributed by atoms with Gasteiger partial charge in [-0.2, -0.15) is 0 Å². The van der Waals surface area contributed by atoms with E-state index in [1.165, 1.54) is 0 Å². The molecule has 0 aliphatic heterocycles. The topological polar surface area (TPSA) is 38.0 Å². The number of aryl methyl sites for hydroxylation is 1. The molecule has 0 fully saturated rings. The summed E-state index contributed by atoms with van der Waals surface area (Å²) >= 11 is 0. The van der Waals surface area contributed by atoms with Crippen LogP contribution in [0, 0.1) is 5.41 Å². The van der Waals surface area contributed by atoms with Crippen LogP contribution in [0.1, 0.15) is 39.9 Å². The van der Waals surface area contributed by atoms with Crippen LogP contribution in [0.4, 0.5) is 0 Å². The van der Waals surface area contributed by atoms with E-state index in [2.05, 4.69) is 43.3 Å². The van der Waals surface area contributed by atoms with Gasteiger partial charge in [-0.05, 0) is 30.9 Å². The molecule has 1 aromatic carbocycles. The summed E-state index contributed by atoms with van der Waals surface area (Å²) in [5.41, 5.74) is 2.31. The number of aromatic nitrogens is 2. The molecule has 104 valence electrons. The van der Waals surface area contributed by atoms with Crippen molar-refractivity contribution in [3.05, 3.63) is 30.1 Å². The number of hydrogen-bond acceptors (Lipinski definition) is 2. The Kier molecular flexibility index (Phi) is 3.95. The zero-order chi connectivity index (χ0) is 14.0. The highest BCUT2D eigenvalue weighted by Crippen LogP contribution is 2.23. The number of benzene rings is 1. The molecule has 0 saturated carbocycles. The molecular formula is C16H24N2O. The number of imidazole rings is 1. The minimum absolute atomic E-state index is 0.141. The smallest absolute Gasteiger partial charge is 0.112 e. The van der Waals surface area contributed by atoms with Crippen molar-refractivity contribution in [3.63, 3.8) is 0 Å². The van der Waals surface area contributed by atoms with Crippen LogP contribution in [-0.4, -0.2) is 20.8 Å². The predicted molar refractivity (Wildman–Crippen MR) is 79.2 cm³/mol. The Morgan fingerprint density at radius 1 is 1.26 bits per heavy atom. The SMILES string of the molecule is CCn1c(CC(O)CC(C)(C)C)nc2ccccc21. The summed E-state index contributed by atoms with van der Waals surface area (Å²) in [6.45, 7) is 9.46. The molecule has 3 heteroatoms. The Bertz CT molecular complexity index is 551. The van der Waals surface area contributed by atoms with E-state index in [4.69, 9.17) is 0 Å². The number of aliphatic hydroxyl groups excluding tert-OH is 1. The molecule has 1 N–H and O–H groups in total. The van der Waals surface area contributed by atoms with E-state index in [1.807, 2.05) is 18.2 Å². The van der Waals surface area contributed by atoms with Crippen molar-refractivity contribution >= 4 is 11.0 Å². The van der Waals surface area contributed by atoms with Crippen LogP contribution in [0.3, 0.4) is 0 Å². The average molecular weight is 260 g/mol. The Morgan fingerprint density at radius 3 is 2.58 bits per heavy atom. The van der Waals surface area contributed by atoms with Gasteiger partial charge in [0.2, 0.25) is 0 Å². The molecule has 3 nitrogen and oxygen atoms in total. The van der Waals surface area contributed by atoms with Gasteiger partial charge < -0.3 is 9.67 Å². The second kappa shape index (κ2) is 5.33. The van der Waals surface area contributed by atoms with E-state index in [9.17, 15) is 5.11 Å². The lowest BCUT2D eigenvalue weighted by atomic mass is 9.88. The van der Waals surface area contributed by atoms with Crippen molar-refractivity contribution in [1.29, 1.82) is 0 Å². The van der Waals surface area contributed by atoms with Crippen LogP contribution in [-0.2, 0) is 13.0 Å². The molecule has 2 aromatic rings. The van der Waals surface area contributed by atoms with E-state index in [1.54, 1.807) is 0 Å². The van der Waals surface area contributed by atoms with Gasteiger partial charge in [0, 0.05) is 13.0 Å².